The van der Waals surface area contributed by atoms with Gasteiger partial charge in [-0.3, -0.25) is 4.79 Å². The average molecular weight is 213 g/mol. The van der Waals surface area contributed by atoms with E-state index in [9.17, 15) is 9.59 Å². The Hall–Kier alpha value is -1.06. The topological polar surface area (TPSA) is 55.4 Å². The van der Waals surface area contributed by atoms with Crippen LogP contribution >= 0.6 is 0 Å². The highest BCUT2D eigenvalue weighted by atomic mass is 16.5. The van der Waals surface area contributed by atoms with Crippen molar-refractivity contribution in [2.24, 2.45) is 0 Å². The lowest BCUT2D eigenvalue weighted by molar-refractivity contribution is -0.153. The molecule has 1 aliphatic carbocycles. The Bertz CT molecular complexity index is 234. The zero-order valence-corrected chi connectivity index (χ0v) is 9.41. The zero-order valence-electron chi connectivity index (χ0n) is 9.41. The van der Waals surface area contributed by atoms with Crippen LogP contribution in [0.25, 0.3) is 0 Å². The second-order valence-electron chi connectivity index (χ2n) is 4.12. The lowest BCUT2D eigenvalue weighted by Gasteiger charge is -2.23. The molecule has 4 heteroatoms. The lowest BCUT2D eigenvalue weighted by atomic mass is 9.98. The predicted molar refractivity (Wildman–Crippen MR) is 56.2 cm³/mol. The summed E-state index contributed by atoms with van der Waals surface area (Å²) in [7, 11) is 0. The van der Waals surface area contributed by atoms with Crippen molar-refractivity contribution in [3.63, 3.8) is 0 Å². The van der Waals surface area contributed by atoms with Gasteiger partial charge in [0.25, 0.3) is 0 Å². The van der Waals surface area contributed by atoms with Crippen LogP contribution in [-0.2, 0) is 14.3 Å². The molecule has 0 aliphatic heterocycles. The minimum Gasteiger partial charge on any atom is -0.461 e. The molecule has 1 rings (SSSR count). The molecule has 0 radical (unpaired) electrons. The monoisotopic (exact) mass is 213 g/mol. The molecule has 0 heterocycles. The van der Waals surface area contributed by atoms with Crippen molar-refractivity contribution in [3.05, 3.63) is 0 Å². The second-order valence-corrected chi connectivity index (χ2v) is 4.12. The number of carbonyl (C=O) groups excluding carboxylic acids is 2. The fraction of sp³-hybridized carbons (Fsp3) is 0.818. The molecule has 1 amide bonds. The van der Waals surface area contributed by atoms with Gasteiger partial charge in [0.05, 0.1) is 0 Å². The summed E-state index contributed by atoms with van der Waals surface area (Å²) in [6.45, 7) is 3.04. The molecular weight excluding hydrogens is 194 g/mol. The standard InChI is InChI=1S/C11H19NO3/c1-8(12-9(2)13)11(14)15-10-6-4-3-5-7-10/h8,10H,3-7H2,1-2H3,(H,12,13). The van der Waals surface area contributed by atoms with Crippen molar-refractivity contribution in [3.8, 4) is 0 Å². The van der Waals surface area contributed by atoms with E-state index in [0.29, 0.717) is 0 Å². The van der Waals surface area contributed by atoms with Crippen LogP contribution in [0.2, 0.25) is 0 Å². The van der Waals surface area contributed by atoms with Gasteiger partial charge in [-0.1, -0.05) is 6.42 Å². The molecule has 86 valence electrons. The van der Waals surface area contributed by atoms with Crippen LogP contribution in [0.1, 0.15) is 46.0 Å². The number of hydrogen-bond acceptors (Lipinski definition) is 3. The number of nitrogens with one attached hydrogen (secondary N) is 1. The molecule has 15 heavy (non-hydrogen) atoms. The highest BCUT2D eigenvalue weighted by Crippen LogP contribution is 2.20. The van der Waals surface area contributed by atoms with Gasteiger partial charge in [0.1, 0.15) is 12.1 Å². The SMILES string of the molecule is CC(=O)NC(C)C(=O)OC1CCCCC1. The first-order valence-electron chi connectivity index (χ1n) is 5.57. The average Bonchev–Trinajstić information content (AvgIpc) is 2.18. The van der Waals surface area contributed by atoms with Crippen LogP contribution in [0.15, 0.2) is 0 Å². The van der Waals surface area contributed by atoms with E-state index in [0.717, 1.165) is 25.7 Å². The smallest absolute Gasteiger partial charge is 0.328 e. The lowest BCUT2D eigenvalue weighted by Crippen LogP contribution is -2.40. The molecule has 1 saturated carbocycles. The molecule has 1 aliphatic rings. The van der Waals surface area contributed by atoms with Crippen molar-refractivity contribution in [2.45, 2.75) is 58.1 Å². The van der Waals surface area contributed by atoms with Crippen molar-refractivity contribution in [2.75, 3.05) is 0 Å². The molecule has 1 atom stereocenters. The van der Waals surface area contributed by atoms with E-state index in [1.54, 1.807) is 6.92 Å². The number of rotatable bonds is 3. The van der Waals surface area contributed by atoms with Gasteiger partial charge in [-0.15, -0.1) is 0 Å². The maximum Gasteiger partial charge on any atom is 0.328 e. The van der Waals surface area contributed by atoms with Crippen molar-refractivity contribution < 1.29 is 14.3 Å². The van der Waals surface area contributed by atoms with Gasteiger partial charge in [0.2, 0.25) is 5.91 Å². The Morgan fingerprint density at radius 2 is 1.87 bits per heavy atom. The molecule has 0 aromatic carbocycles. The van der Waals surface area contributed by atoms with Gasteiger partial charge in [-0.25, -0.2) is 4.79 Å². The summed E-state index contributed by atoms with van der Waals surface area (Å²) in [4.78, 5) is 22.2. The molecule has 0 bridgehead atoms. The molecule has 0 saturated heterocycles. The number of hydrogen-bond donors (Lipinski definition) is 1. The highest BCUT2D eigenvalue weighted by Gasteiger charge is 2.21. The summed E-state index contributed by atoms with van der Waals surface area (Å²) in [6, 6.07) is -0.538. The van der Waals surface area contributed by atoms with Crippen LogP contribution < -0.4 is 5.32 Å². The normalized spacial score (nSPS) is 19.3. The molecule has 0 aromatic heterocycles. The maximum atomic E-state index is 11.5. The van der Waals surface area contributed by atoms with Gasteiger partial charge < -0.3 is 10.1 Å². The Morgan fingerprint density at radius 3 is 2.40 bits per heavy atom. The number of carbonyl (C=O) groups is 2. The summed E-state index contributed by atoms with van der Waals surface area (Å²) in [5.41, 5.74) is 0. The Kier molecular flexibility index (Phi) is 4.59. The molecular formula is C11H19NO3. The first-order chi connectivity index (χ1) is 7.09. The molecule has 4 nitrogen and oxygen atoms in total. The quantitative estimate of drug-likeness (QED) is 0.721. The van der Waals surface area contributed by atoms with E-state index in [2.05, 4.69) is 5.32 Å². The van der Waals surface area contributed by atoms with Gasteiger partial charge in [-0.05, 0) is 32.6 Å². The first kappa shape index (κ1) is 12.0. The number of amides is 1. The molecule has 0 aromatic rings. The third-order valence-corrected chi connectivity index (χ3v) is 2.61. The molecule has 1 unspecified atom stereocenters. The van der Waals surface area contributed by atoms with E-state index < -0.39 is 6.04 Å². The van der Waals surface area contributed by atoms with Crippen molar-refractivity contribution in [1.82, 2.24) is 5.32 Å². The largest absolute Gasteiger partial charge is 0.461 e. The van der Waals surface area contributed by atoms with Crippen molar-refractivity contribution in [1.29, 1.82) is 0 Å². The van der Waals surface area contributed by atoms with Gasteiger partial charge in [0.15, 0.2) is 0 Å². The summed E-state index contributed by atoms with van der Waals surface area (Å²) in [5.74, 6) is -0.528. The highest BCUT2D eigenvalue weighted by molar-refractivity contribution is 5.82. The number of ether oxygens (including phenoxy) is 1. The van der Waals surface area contributed by atoms with Crippen LogP contribution in [0.4, 0.5) is 0 Å². The Labute approximate surface area is 90.4 Å². The molecule has 1 fully saturated rings. The Morgan fingerprint density at radius 1 is 1.27 bits per heavy atom. The molecule has 0 spiro atoms. The van der Waals surface area contributed by atoms with Crippen molar-refractivity contribution >= 4 is 11.9 Å². The van der Waals surface area contributed by atoms with E-state index in [-0.39, 0.29) is 18.0 Å². The molecule has 1 N–H and O–H groups in total. The third-order valence-electron chi connectivity index (χ3n) is 2.61. The van der Waals surface area contributed by atoms with Crippen LogP contribution in [-0.4, -0.2) is 24.0 Å². The van der Waals surface area contributed by atoms with E-state index in [1.165, 1.54) is 13.3 Å². The zero-order chi connectivity index (χ0) is 11.3. The fourth-order valence-corrected chi connectivity index (χ4v) is 1.81. The van der Waals surface area contributed by atoms with Gasteiger partial charge in [0, 0.05) is 6.92 Å². The number of esters is 1. The Balaban J connectivity index is 2.30. The second kappa shape index (κ2) is 5.73. The summed E-state index contributed by atoms with van der Waals surface area (Å²) >= 11 is 0. The van der Waals surface area contributed by atoms with E-state index in [1.807, 2.05) is 0 Å². The van der Waals surface area contributed by atoms with Gasteiger partial charge >= 0.3 is 5.97 Å². The summed E-state index contributed by atoms with van der Waals surface area (Å²) in [5, 5.41) is 2.52. The fourth-order valence-electron chi connectivity index (χ4n) is 1.81. The van der Waals surface area contributed by atoms with Crippen LogP contribution in [0, 0.1) is 0 Å². The summed E-state index contributed by atoms with van der Waals surface area (Å²) in [6.07, 6.45) is 5.47. The predicted octanol–water partition coefficient (Wildman–Crippen LogP) is 1.39. The minimum atomic E-state index is -0.538. The van der Waals surface area contributed by atoms with E-state index in [4.69, 9.17) is 4.74 Å². The first-order valence-corrected chi connectivity index (χ1v) is 5.57. The third kappa shape index (κ3) is 4.32. The van der Waals surface area contributed by atoms with Crippen LogP contribution in [0.3, 0.4) is 0 Å². The maximum absolute atomic E-state index is 11.5. The minimum absolute atomic E-state index is 0.0578. The van der Waals surface area contributed by atoms with Gasteiger partial charge in [-0.2, -0.15) is 0 Å². The summed E-state index contributed by atoms with van der Waals surface area (Å²) < 4.78 is 5.30. The van der Waals surface area contributed by atoms with E-state index >= 15 is 0 Å². The van der Waals surface area contributed by atoms with Crippen LogP contribution in [0.5, 0.6) is 0 Å².